The SMILES string of the molecule is CCN(CC(=O)Nc1nc(C)cs1)C(=O)c1cccc(F)c1. The van der Waals surface area contributed by atoms with E-state index in [9.17, 15) is 14.0 Å². The minimum atomic E-state index is -0.482. The van der Waals surface area contributed by atoms with Crippen LogP contribution in [0.2, 0.25) is 0 Å². The molecule has 2 rings (SSSR count). The van der Waals surface area contributed by atoms with Gasteiger partial charge >= 0.3 is 0 Å². The molecule has 0 unspecified atom stereocenters. The molecule has 0 aliphatic carbocycles. The Labute approximate surface area is 131 Å². The fourth-order valence-electron chi connectivity index (χ4n) is 1.87. The molecule has 0 atom stereocenters. The maximum Gasteiger partial charge on any atom is 0.254 e. The molecule has 116 valence electrons. The van der Waals surface area contributed by atoms with Crippen LogP contribution in [-0.4, -0.2) is 34.8 Å². The molecule has 5 nitrogen and oxygen atoms in total. The highest BCUT2D eigenvalue weighted by atomic mass is 32.1. The normalized spacial score (nSPS) is 10.3. The molecule has 0 radical (unpaired) electrons. The Hall–Kier alpha value is -2.28. The van der Waals surface area contributed by atoms with E-state index in [4.69, 9.17) is 0 Å². The van der Waals surface area contributed by atoms with Gasteiger partial charge in [0.25, 0.3) is 5.91 Å². The van der Waals surface area contributed by atoms with Gasteiger partial charge in [-0.05, 0) is 32.0 Å². The minimum Gasteiger partial charge on any atom is -0.330 e. The third-order valence-corrected chi connectivity index (χ3v) is 3.82. The summed E-state index contributed by atoms with van der Waals surface area (Å²) in [5, 5.41) is 4.97. The van der Waals surface area contributed by atoms with E-state index in [1.54, 1.807) is 6.92 Å². The molecule has 0 aliphatic heterocycles. The number of nitrogens with one attached hydrogen (secondary N) is 1. The highest BCUT2D eigenvalue weighted by molar-refractivity contribution is 7.13. The largest absolute Gasteiger partial charge is 0.330 e. The molecule has 0 fully saturated rings. The maximum atomic E-state index is 13.2. The van der Waals surface area contributed by atoms with Gasteiger partial charge in [-0.2, -0.15) is 0 Å². The van der Waals surface area contributed by atoms with E-state index >= 15 is 0 Å². The predicted molar refractivity (Wildman–Crippen MR) is 83.5 cm³/mol. The van der Waals surface area contributed by atoms with Crippen LogP contribution >= 0.6 is 11.3 Å². The lowest BCUT2D eigenvalue weighted by Crippen LogP contribution is -2.37. The van der Waals surface area contributed by atoms with Crippen molar-refractivity contribution >= 4 is 28.3 Å². The highest BCUT2D eigenvalue weighted by Gasteiger charge is 2.18. The summed E-state index contributed by atoms with van der Waals surface area (Å²) in [5.74, 6) is -1.20. The summed E-state index contributed by atoms with van der Waals surface area (Å²) in [6.07, 6.45) is 0. The van der Waals surface area contributed by atoms with Gasteiger partial charge < -0.3 is 10.2 Å². The standard InChI is InChI=1S/C15H16FN3O2S/c1-3-19(14(21)11-5-4-6-12(16)7-11)8-13(20)18-15-17-10(2)9-22-15/h4-7,9H,3,8H2,1-2H3,(H,17,18,20). The molecule has 2 aromatic rings. The summed E-state index contributed by atoms with van der Waals surface area (Å²) in [5.41, 5.74) is 1.04. The molecule has 0 spiro atoms. The van der Waals surface area contributed by atoms with E-state index in [2.05, 4.69) is 10.3 Å². The topological polar surface area (TPSA) is 62.3 Å². The number of aryl methyl sites for hydroxylation is 1. The van der Waals surface area contributed by atoms with Gasteiger partial charge in [-0.1, -0.05) is 6.07 Å². The molecule has 7 heteroatoms. The Morgan fingerprint density at radius 3 is 2.77 bits per heavy atom. The number of aromatic nitrogens is 1. The molecule has 0 aliphatic rings. The van der Waals surface area contributed by atoms with Gasteiger partial charge in [-0.3, -0.25) is 9.59 Å². The van der Waals surface area contributed by atoms with Crippen molar-refractivity contribution in [2.75, 3.05) is 18.4 Å². The lowest BCUT2D eigenvalue weighted by Gasteiger charge is -2.20. The quantitative estimate of drug-likeness (QED) is 0.921. The Balaban J connectivity index is 2.02. The molecule has 1 heterocycles. The number of halogens is 1. The first-order chi connectivity index (χ1) is 10.5. The van der Waals surface area contributed by atoms with Gasteiger partial charge in [0.05, 0.1) is 5.69 Å². The summed E-state index contributed by atoms with van der Waals surface area (Å²) in [6.45, 7) is 3.83. The zero-order valence-electron chi connectivity index (χ0n) is 12.3. The second-order valence-electron chi connectivity index (χ2n) is 4.67. The van der Waals surface area contributed by atoms with Gasteiger partial charge in [0.1, 0.15) is 12.4 Å². The van der Waals surface area contributed by atoms with Crippen molar-refractivity contribution in [2.45, 2.75) is 13.8 Å². The maximum absolute atomic E-state index is 13.2. The van der Waals surface area contributed by atoms with Crippen LogP contribution in [0.15, 0.2) is 29.6 Å². The third-order valence-electron chi connectivity index (χ3n) is 2.94. The fourth-order valence-corrected chi connectivity index (χ4v) is 2.58. The van der Waals surface area contributed by atoms with Crippen molar-refractivity contribution in [3.63, 3.8) is 0 Å². The number of thiazole rings is 1. The average molecular weight is 321 g/mol. The molecule has 1 aromatic carbocycles. The van der Waals surface area contributed by atoms with Crippen LogP contribution in [0.3, 0.4) is 0 Å². The van der Waals surface area contributed by atoms with E-state index in [1.807, 2.05) is 12.3 Å². The molecular formula is C15H16FN3O2S. The molecule has 1 N–H and O–H groups in total. The van der Waals surface area contributed by atoms with Crippen LogP contribution in [0, 0.1) is 12.7 Å². The number of likely N-dealkylation sites (N-methyl/N-ethyl adjacent to an activating group) is 1. The van der Waals surface area contributed by atoms with Crippen LogP contribution in [0.1, 0.15) is 23.0 Å². The minimum absolute atomic E-state index is 0.107. The number of carbonyl (C=O) groups excluding carboxylic acids is 2. The van der Waals surface area contributed by atoms with Crippen molar-refractivity contribution in [3.05, 3.63) is 46.7 Å². The zero-order valence-corrected chi connectivity index (χ0v) is 13.1. The molecule has 1 aromatic heterocycles. The number of nitrogens with zero attached hydrogens (tertiary/aromatic N) is 2. The first-order valence-corrected chi connectivity index (χ1v) is 7.64. The number of anilines is 1. The lowest BCUT2D eigenvalue weighted by molar-refractivity contribution is -0.116. The van der Waals surface area contributed by atoms with E-state index in [0.717, 1.165) is 11.8 Å². The van der Waals surface area contributed by atoms with E-state index in [1.165, 1.54) is 34.4 Å². The van der Waals surface area contributed by atoms with Crippen LogP contribution in [0.25, 0.3) is 0 Å². The van der Waals surface area contributed by atoms with Crippen LogP contribution in [0.4, 0.5) is 9.52 Å². The summed E-state index contributed by atoms with van der Waals surface area (Å²) in [6, 6.07) is 5.42. The Kier molecular flexibility index (Phi) is 5.21. The smallest absolute Gasteiger partial charge is 0.254 e. The number of carbonyl (C=O) groups is 2. The molecule has 22 heavy (non-hydrogen) atoms. The molecule has 0 saturated carbocycles. The van der Waals surface area contributed by atoms with Crippen molar-refractivity contribution in [3.8, 4) is 0 Å². The Bertz CT molecular complexity index is 687. The number of benzene rings is 1. The third kappa shape index (κ3) is 4.11. The molecule has 2 amide bonds. The number of amides is 2. The van der Waals surface area contributed by atoms with E-state index in [0.29, 0.717) is 11.7 Å². The lowest BCUT2D eigenvalue weighted by atomic mass is 10.2. The summed E-state index contributed by atoms with van der Waals surface area (Å²) < 4.78 is 13.2. The second-order valence-corrected chi connectivity index (χ2v) is 5.53. The molecular weight excluding hydrogens is 305 g/mol. The van der Waals surface area contributed by atoms with Crippen LogP contribution in [-0.2, 0) is 4.79 Å². The Morgan fingerprint density at radius 2 is 2.18 bits per heavy atom. The van der Waals surface area contributed by atoms with Gasteiger partial charge in [0, 0.05) is 17.5 Å². The predicted octanol–water partition coefficient (Wildman–Crippen LogP) is 2.69. The average Bonchev–Trinajstić information content (AvgIpc) is 2.89. The van der Waals surface area contributed by atoms with Crippen molar-refractivity contribution in [2.24, 2.45) is 0 Å². The summed E-state index contributed by atoms with van der Waals surface area (Å²) in [4.78, 5) is 29.8. The van der Waals surface area contributed by atoms with Gasteiger partial charge in [-0.15, -0.1) is 11.3 Å². The molecule has 0 bridgehead atoms. The fraction of sp³-hybridized carbons (Fsp3) is 0.267. The highest BCUT2D eigenvalue weighted by Crippen LogP contribution is 2.14. The monoisotopic (exact) mass is 321 g/mol. The Morgan fingerprint density at radius 1 is 1.41 bits per heavy atom. The zero-order chi connectivity index (χ0) is 16.1. The van der Waals surface area contributed by atoms with Gasteiger partial charge in [0.15, 0.2) is 5.13 Å². The summed E-state index contributed by atoms with van der Waals surface area (Å²) in [7, 11) is 0. The van der Waals surface area contributed by atoms with Gasteiger partial charge in [0.2, 0.25) is 5.91 Å². The number of rotatable bonds is 5. The van der Waals surface area contributed by atoms with Crippen LogP contribution < -0.4 is 5.32 Å². The first kappa shape index (κ1) is 16.1. The van der Waals surface area contributed by atoms with E-state index in [-0.39, 0.29) is 23.9 Å². The molecule has 0 saturated heterocycles. The number of hydrogen-bond acceptors (Lipinski definition) is 4. The van der Waals surface area contributed by atoms with Crippen molar-refractivity contribution in [1.29, 1.82) is 0 Å². The van der Waals surface area contributed by atoms with Crippen molar-refractivity contribution < 1.29 is 14.0 Å². The van der Waals surface area contributed by atoms with Crippen LogP contribution in [0.5, 0.6) is 0 Å². The first-order valence-electron chi connectivity index (χ1n) is 6.76. The second kappa shape index (κ2) is 7.13. The van der Waals surface area contributed by atoms with Crippen molar-refractivity contribution in [1.82, 2.24) is 9.88 Å². The summed E-state index contributed by atoms with van der Waals surface area (Å²) >= 11 is 1.32. The number of hydrogen-bond donors (Lipinski definition) is 1. The van der Waals surface area contributed by atoms with E-state index < -0.39 is 5.82 Å². The van der Waals surface area contributed by atoms with Gasteiger partial charge in [-0.25, -0.2) is 9.37 Å².